The van der Waals surface area contributed by atoms with Crippen molar-refractivity contribution in [3.8, 4) is 17.1 Å². The maximum atomic E-state index is 12.5. The van der Waals surface area contributed by atoms with Crippen molar-refractivity contribution in [2.24, 2.45) is 5.92 Å². The Kier molecular flexibility index (Phi) is 3.93. The fraction of sp³-hybridized carbons (Fsp3) is 0.294. The largest absolute Gasteiger partial charge is 0.496 e. The Labute approximate surface area is 144 Å². The third-order valence-electron chi connectivity index (χ3n) is 4.40. The minimum atomic E-state index is -0.122. The van der Waals surface area contributed by atoms with Gasteiger partial charge in [-0.25, -0.2) is 4.98 Å². The number of nitrogens with zero attached hydrogens (tertiary/aromatic N) is 4. The number of benzene rings is 1. The van der Waals surface area contributed by atoms with Crippen molar-refractivity contribution >= 4 is 11.9 Å². The maximum absolute atomic E-state index is 12.5. The van der Waals surface area contributed by atoms with Crippen LogP contribution in [0.3, 0.4) is 0 Å². The van der Waals surface area contributed by atoms with Crippen LogP contribution < -0.4 is 10.1 Å². The lowest BCUT2D eigenvalue weighted by Gasteiger charge is -2.21. The number of imidazole rings is 1. The van der Waals surface area contributed by atoms with E-state index in [0.717, 1.165) is 24.4 Å². The normalized spacial score (nSPS) is 16.3. The van der Waals surface area contributed by atoms with Crippen LogP contribution in [-0.2, 0) is 17.8 Å². The van der Waals surface area contributed by atoms with Crippen LogP contribution >= 0.6 is 0 Å². The molecule has 1 aliphatic rings. The molecule has 2 aromatic heterocycles. The number of carbonyl (C=O) groups excluding carboxylic acids is 1. The second-order valence-corrected chi connectivity index (χ2v) is 5.92. The molecule has 0 bridgehead atoms. The van der Waals surface area contributed by atoms with Crippen molar-refractivity contribution in [1.82, 2.24) is 24.7 Å². The highest BCUT2D eigenvalue weighted by Gasteiger charge is 2.26. The van der Waals surface area contributed by atoms with Gasteiger partial charge in [-0.05, 0) is 18.6 Å². The number of nitrogens with one attached hydrogen (secondary N) is 2. The Hall–Kier alpha value is -3.16. The van der Waals surface area contributed by atoms with Gasteiger partial charge in [0.05, 0.1) is 12.7 Å². The van der Waals surface area contributed by atoms with Gasteiger partial charge in [-0.2, -0.15) is 4.98 Å². The molecule has 3 aromatic rings. The van der Waals surface area contributed by atoms with Crippen molar-refractivity contribution in [3.05, 3.63) is 42.5 Å². The first-order chi connectivity index (χ1) is 12.2. The monoisotopic (exact) mass is 338 g/mol. The van der Waals surface area contributed by atoms with Crippen molar-refractivity contribution in [1.29, 1.82) is 0 Å². The summed E-state index contributed by atoms with van der Waals surface area (Å²) in [4.78, 5) is 21.2. The molecule has 0 aliphatic carbocycles. The number of fused-ring (bicyclic) bond motifs is 1. The summed E-state index contributed by atoms with van der Waals surface area (Å²) in [6.07, 6.45) is 5.12. The fourth-order valence-electron chi connectivity index (χ4n) is 3.07. The zero-order chi connectivity index (χ0) is 17.2. The molecule has 8 heteroatoms. The van der Waals surface area contributed by atoms with Crippen molar-refractivity contribution in [2.75, 3.05) is 12.4 Å². The van der Waals surface area contributed by atoms with Gasteiger partial charge in [0.25, 0.3) is 0 Å². The first-order valence-corrected chi connectivity index (χ1v) is 8.11. The van der Waals surface area contributed by atoms with Crippen LogP contribution in [0.25, 0.3) is 11.4 Å². The topological polar surface area (TPSA) is 97.7 Å². The summed E-state index contributed by atoms with van der Waals surface area (Å²) >= 11 is 0. The summed E-state index contributed by atoms with van der Waals surface area (Å²) in [5.74, 6) is 2.24. The maximum Gasteiger partial charge on any atom is 0.249 e. The zero-order valence-electron chi connectivity index (χ0n) is 13.8. The van der Waals surface area contributed by atoms with Crippen LogP contribution in [0, 0.1) is 5.92 Å². The first kappa shape index (κ1) is 15.4. The van der Waals surface area contributed by atoms with Gasteiger partial charge < -0.3 is 9.30 Å². The molecule has 25 heavy (non-hydrogen) atoms. The molecule has 0 saturated heterocycles. The average Bonchev–Trinajstić information content (AvgIpc) is 3.30. The fourth-order valence-corrected chi connectivity index (χ4v) is 3.07. The number of aryl methyl sites for hydroxylation is 1. The number of H-pyrrole nitrogens is 1. The molecule has 3 heterocycles. The van der Waals surface area contributed by atoms with Crippen molar-refractivity contribution in [2.45, 2.75) is 19.4 Å². The highest BCUT2D eigenvalue weighted by Crippen LogP contribution is 2.27. The van der Waals surface area contributed by atoms with E-state index in [1.807, 2.05) is 30.5 Å². The molecule has 8 nitrogen and oxygen atoms in total. The Balaban J connectivity index is 1.47. The van der Waals surface area contributed by atoms with Gasteiger partial charge >= 0.3 is 0 Å². The quantitative estimate of drug-likeness (QED) is 0.757. The standard InChI is InChI=1S/C17H18N6O2/c1-25-13-5-3-2-4-12(13)15-19-17(22-21-15)20-16(24)11-6-8-23-9-7-18-14(23)10-11/h2-5,7,9,11H,6,8,10H2,1H3,(H2,19,20,21,22,24). The highest BCUT2D eigenvalue weighted by molar-refractivity contribution is 5.91. The van der Waals surface area contributed by atoms with E-state index in [1.54, 1.807) is 13.3 Å². The number of methoxy groups -OCH3 is 1. The van der Waals surface area contributed by atoms with Crippen molar-refractivity contribution < 1.29 is 9.53 Å². The van der Waals surface area contributed by atoms with Crippen molar-refractivity contribution in [3.63, 3.8) is 0 Å². The minimum absolute atomic E-state index is 0.0835. The van der Waals surface area contributed by atoms with Gasteiger partial charge in [-0.15, -0.1) is 5.10 Å². The number of aromatic amines is 1. The van der Waals surface area contributed by atoms with Crippen LogP contribution in [0.2, 0.25) is 0 Å². The molecule has 1 aromatic carbocycles. The molecular formula is C17H18N6O2. The number of ether oxygens (including phenoxy) is 1. The Bertz CT molecular complexity index is 900. The summed E-state index contributed by atoms with van der Waals surface area (Å²) in [6, 6.07) is 7.50. The molecule has 1 atom stereocenters. The number of rotatable bonds is 4. The lowest BCUT2D eigenvalue weighted by molar-refractivity contribution is -0.120. The zero-order valence-corrected chi connectivity index (χ0v) is 13.8. The number of amides is 1. The number of carbonyl (C=O) groups is 1. The summed E-state index contributed by atoms with van der Waals surface area (Å²) < 4.78 is 7.41. The number of hydrogen-bond acceptors (Lipinski definition) is 5. The number of aromatic nitrogens is 5. The molecule has 128 valence electrons. The number of anilines is 1. The molecule has 0 spiro atoms. The predicted octanol–water partition coefficient (Wildman–Crippen LogP) is 1.88. The van der Waals surface area contributed by atoms with E-state index in [2.05, 4.69) is 30.0 Å². The Morgan fingerprint density at radius 1 is 1.40 bits per heavy atom. The van der Waals surface area contributed by atoms with Crippen LogP contribution in [-0.4, -0.2) is 37.7 Å². The third-order valence-corrected chi connectivity index (χ3v) is 4.40. The van der Waals surface area contributed by atoms with Gasteiger partial charge in [0.2, 0.25) is 11.9 Å². The molecule has 2 N–H and O–H groups in total. The smallest absolute Gasteiger partial charge is 0.249 e. The minimum Gasteiger partial charge on any atom is -0.496 e. The van der Waals surface area contributed by atoms with Gasteiger partial charge in [0.1, 0.15) is 11.6 Å². The SMILES string of the molecule is COc1ccccc1-c1nc(NC(=O)C2CCn3ccnc3C2)n[nH]1. The molecule has 1 aliphatic heterocycles. The summed E-state index contributed by atoms with van der Waals surface area (Å²) in [5.41, 5.74) is 0.790. The molecule has 4 rings (SSSR count). The van der Waals surface area contributed by atoms with Crippen LogP contribution in [0.15, 0.2) is 36.7 Å². The molecule has 1 amide bonds. The van der Waals surface area contributed by atoms with Gasteiger partial charge in [0.15, 0.2) is 5.82 Å². The second-order valence-electron chi connectivity index (χ2n) is 5.92. The summed E-state index contributed by atoms with van der Waals surface area (Å²) in [7, 11) is 1.60. The number of para-hydroxylation sites is 1. The van der Waals surface area contributed by atoms with E-state index in [1.165, 1.54) is 0 Å². The van der Waals surface area contributed by atoms with Crippen LogP contribution in [0.1, 0.15) is 12.2 Å². The number of hydrogen-bond donors (Lipinski definition) is 2. The average molecular weight is 338 g/mol. The van der Waals surface area contributed by atoms with E-state index in [0.29, 0.717) is 18.0 Å². The Morgan fingerprint density at radius 3 is 3.16 bits per heavy atom. The van der Waals surface area contributed by atoms with Gasteiger partial charge in [-0.1, -0.05) is 12.1 Å². The van der Waals surface area contributed by atoms with Crippen LogP contribution in [0.4, 0.5) is 5.95 Å². The van der Waals surface area contributed by atoms with E-state index in [-0.39, 0.29) is 17.8 Å². The summed E-state index contributed by atoms with van der Waals surface area (Å²) in [6.45, 7) is 0.799. The lowest BCUT2D eigenvalue weighted by atomic mass is 9.97. The third kappa shape index (κ3) is 2.98. The lowest BCUT2D eigenvalue weighted by Crippen LogP contribution is -2.30. The van der Waals surface area contributed by atoms with Gasteiger partial charge in [0, 0.05) is 31.3 Å². The van der Waals surface area contributed by atoms with Gasteiger partial charge in [-0.3, -0.25) is 15.2 Å². The second kappa shape index (κ2) is 6.39. The van der Waals surface area contributed by atoms with E-state index < -0.39 is 0 Å². The summed E-state index contributed by atoms with van der Waals surface area (Å²) in [5, 5.41) is 9.73. The highest BCUT2D eigenvalue weighted by atomic mass is 16.5. The Morgan fingerprint density at radius 2 is 2.28 bits per heavy atom. The van der Waals surface area contributed by atoms with E-state index in [4.69, 9.17) is 4.74 Å². The van der Waals surface area contributed by atoms with E-state index >= 15 is 0 Å². The molecule has 1 unspecified atom stereocenters. The molecule has 0 fully saturated rings. The molecule has 0 radical (unpaired) electrons. The first-order valence-electron chi connectivity index (χ1n) is 8.11. The molecular weight excluding hydrogens is 320 g/mol. The van der Waals surface area contributed by atoms with E-state index in [9.17, 15) is 4.79 Å². The van der Waals surface area contributed by atoms with Crippen LogP contribution in [0.5, 0.6) is 5.75 Å². The molecule has 0 saturated carbocycles. The predicted molar refractivity (Wildman–Crippen MR) is 91.0 cm³/mol.